The Morgan fingerprint density at radius 2 is 1.90 bits per heavy atom. The van der Waals surface area contributed by atoms with Gasteiger partial charge >= 0.3 is 6.09 Å². The number of hydrogen-bond donors (Lipinski definition) is 2. The number of carbonyl (C=O) groups is 3. The van der Waals surface area contributed by atoms with Gasteiger partial charge < -0.3 is 25.4 Å². The molecule has 0 radical (unpaired) electrons. The van der Waals surface area contributed by atoms with Crippen molar-refractivity contribution in [1.82, 2.24) is 20.0 Å². The second-order valence-electron chi connectivity index (χ2n) is 10.9. The molecule has 1 aromatic carbocycles. The van der Waals surface area contributed by atoms with Gasteiger partial charge in [-0.05, 0) is 50.8 Å². The Morgan fingerprint density at radius 3 is 2.51 bits per heavy atom. The van der Waals surface area contributed by atoms with Gasteiger partial charge in [0.25, 0.3) is 11.8 Å². The fraction of sp³-hybridized carbons (Fsp3) is 0.519. The lowest BCUT2D eigenvalue weighted by atomic mass is 10.0. The molecule has 1 aromatic heterocycles. The van der Waals surface area contributed by atoms with Crippen LogP contribution in [0.15, 0.2) is 24.3 Å². The molecule has 0 bridgehead atoms. The van der Waals surface area contributed by atoms with E-state index in [1.165, 1.54) is 9.58 Å². The zero-order valence-corrected chi connectivity index (χ0v) is 24.1. The number of aromatic nitrogens is 2. The SMILES string of the molecule is Cn1nc(C(=O)NCc2ccc(C#N)cc2)c2c1C(=O)N(CC1(S(=O)(=O)C(C)(C)COCCOC(N)=O)CC1)CC2. The predicted molar refractivity (Wildman–Crippen MR) is 146 cm³/mol. The van der Waals surface area contributed by atoms with Crippen LogP contribution in [0.3, 0.4) is 0 Å². The van der Waals surface area contributed by atoms with E-state index in [4.69, 9.17) is 15.7 Å². The van der Waals surface area contributed by atoms with Crippen LogP contribution in [-0.2, 0) is 39.3 Å². The average molecular weight is 587 g/mol. The summed E-state index contributed by atoms with van der Waals surface area (Å²) in [6.45, 7) is 3.50. The van der Waals surface area contributed by atoms with E-state index in [2.05, 4.69) is 15.2 Å². The number of nitriles is 1. The minimum absolute atomic E-state index is 0.00610. The molecule has 3 N–H and O–H groups in total. The fourth-order valence-electron chi connectivity index (χ4n) is 5.05. The normalized spacial score (nSPS) is 16.0. The highest BCUT2D eigenvalue weighted by Gasteiger charge is 2.61. The van der Waals surface area contributed by atoms with E-state index in [1.54, 1.807) is 45.2 Å². The van der Waals surface area contributed by atoms with Crippen molar-refractivity contribution < 1.29 is 32.3 Å². The van der Waals surface area contributed by atoms with Gasteiger partial charge in [-0.3, -0.25) is 14.3 Å². The van der Waals surface area contributed by atoms with Gasteiger partial charge in [0.1, 0.15) is 12.3 Å². The highest BCUT2D eigenvalue weighted by atomic mass is 32.2. The lowest BCUT2D eigenvalue weighted by Gasteiger charge is -2.35. The maximum Gasteiger partial charge on any atom is 0.404 e. The molecule has 0 saturated heterocycles. The zero-order chi connectivity index (χ0) is 30.0. The molecule has 1 saturated carbocycles. The van der Waals surface area contributed by atoms with Gasteiger partial charge in [-0.25, -0.2) is 13.2 Å². The minimum Gasteiger partial charge on any atom is -0.447 e. The average Bonchev–Trinajstić information content (AvgIpc) is 3.64. The summed E-state index contributed by atoms with van der Waals surface area (Å²) in [5.41, 5.74) is 7.21. The van der Waals surface area contributed by atoms with Crippen LogP contribution in [0.5, 0.6) is 0 Å². The molecule has 1 aliphatic heterocycles. The van der Waals surface area contributed by atoms with Crippen LogP contribution >= 0.6 is 0 Å². The Labute approximate surface area is 238 Å². The second-order valence-corrected chi connectivity index (χ2v) is 13.9. The molecule has 41 heavy (non-hydrogen) atoms. The quantitative estimate of drug-likeness (QED) is 0.343. The first-order chi connectivity index (χ1) is 19.3. The summed E-state index contributed by atoms with van der Waals surface area (Å²) in [7, 11) is -2.16. The third-order valence-electron chi connectivity index (χ3n) is 7.52. The summed E-state index contributed by atoms with van der Waals surface area (Å²) in [5.74, 6) is -0.789. The maximum atomic E-state index is 13.7. The van der Waals surface area contributed by atoms with Crippen LogP contribution < -0.4 is 11.1 Å². The van der Waals surface area contributed by atoms with Gasteiger partial charge in [0.15, 0.2) is 15.5 Å². The standard InChI is InChI=1S/C27H34N6O7S/c1-26(2,17-39-12-13-40-25(29)36)41(37,38)27(9-10-27)16-33-11-8-20-21(31-32(3)22(20)24(33)35)23(34)30-15-19-6-4-18(14-28)5-7-19/h4-7H,8-13,15-17H2,1-3H3,(H2,29,36)(H,30,34). The van der Waals surface area contributed by atoms with Gasteiger partial charge in [0.05, 0.1) is 34.3 Å². The van der Waals surface area contributed by atoms with E-state index in [0.717, 1.165) is 5.56 Å². The van der Waals surface area contributed by atoms with Gasteiger partial charge in [0, 0.05) is 32.2 Å². The number of nitrogens with zero attached hydrogens (tertiary/aromatic N) is 4. The van der Waals surface area contributed by atoms with Crippen LogP contribution in [0.1, 0.15) is 64.4 Å². The van der Waals surface area contributed by atoms with Crippen molar-refractivity contribution in [3.05, 3.63) is 52.3 Å². The molecular formula is C27H34N6O7S. The maximum absolute atomic E-state index is 13.7. The summed E-state index contributed by atoms with van der Waals surface area (Å²) in [4.78, 5) is 38.7. The molecule has 3 amide bonds. The lowest BCUT2D eigenvalue weighted by Crippen LogP contribution is -2.52. The highest BCUT2D eigenvalue weighted by molar-refractivity contribution is 7.94. The number of nitrogens with two attached hydrogens (primary N) is 1. The van der Waals surface area contributed by atoms with E-state index in [0.29, 0.717) is 30.4 Å². The summed E-state index contributed by atoms with van der Waals surface area (Å²) >= 11 is 0. The van der Waals surface area contributed by atoms with Crippen molar-refractivity contribution in [3.8, 4) is 6.07 Å². The number of amides is 3. The second kappa shape index (κ2) is 11.5. The molecule has 2 heterocycles. The van der Waals surface area contributed by atoms with Gasteiger partial charge in [0.2, 0.25) is 0 Å². The molecule has 0 unspecified atom stereocenters. The largest absolute Gasteiger partial charge is 0.447 e. The molecule has 2 aromatic rings. The summed E-state index contributed by atoms with van der Waals surface area (Å²) in [6, 6.07) is 8.88. The van der Waals surface area contributed by atoms with E-state index in [-0.39, 0.29) is 56.7 Å². The molecule has 0 spiro atoms. The molecule has 4 rings (SSSR count). The molecule has 1 fully saturated rings. The molecule has 13 nitrogen and oxygen atoms in total. The van der Waals surface area contributed by atoms with E-state index in [1.807, 2.05) is 6.07 Å². The van der Waals surface area contributed by atoms with Crippen molar-refractivity contribution in [2.45, 2.75) is 49.1 Å². The van der Waals surface area contributed by atoms with Crippen LogP contribution in [0, 0.1) is 11.3 Å². The van der Waals surface area contributed by atoms with Crippen LogP contribution in [0.4, 0.5) is 4.79 Å². The lowest BCUT2D eigenvalue weighted by molar-refractivity contribution is 0.0667. The van der Waals surface area contributed by atoms with Crippen LogP contribution in [0.2, 0.25) is 0 Å². The first-order valence-electron chi connectivity index (χ1n) is 13.2. The molecule has 2 aliphatic rings. The van der Waals surface area contributed by atoms with Crippen LogP contribution in [0.25, 0.3) is 0 Å². The number of sulfone groups is 1. The van der Waals surface area contributed by atoms with Crippen molar-refractivity contribution in [3.63, 3.8) is 0 Å². The highest BCUT2D eigenvalue weighted by Crippen LogP contribution is 2.49. The van der Waals surface area contributed by atoms with Crippen molar-refractivity contribution >= 4 is 27.7 Å². The molecule has 0 atom stereocenters. The summed E-state index contributed by atoms with van der Waals surface area (Å²) in [5, 5.41) is 16.1. The molecule has 14 heteroatoms. The summed E-state index contributed by atoms with van der Waals surface area (Å²) < 4.78 is 36.5. The Hall–Kier alpha value is -3.96. The molecule has 1 aliphatic carbocycles. The Morgan fingerprint density at radius 1 is 1.22 bits per heavy atom. The molecule has 220 valence electrons. The Bertz CT molecular complexity index is 1490. The van der Waals surface area contributed by atoms with E-state index >= 15 is 0 Å². The third-order valence-corrected chi connectivity index (χ3v) is 10.8. The monoisotopic (exact) mass is 586 g/mol. The van der Waals surface area contributed by atoms with Crippen molar-refractivity contribution in [2.75, 3.05) is 32.9 Å². The number of benzene rings is 1. The topological polar surface area (TPSA) is 187 Å². The number of primary amides is 1. The molecular weight excluding hydrogens is 552 g/mol. The smallest absolute Gasteiger partial charge is 0.404 e. The van der Waals surface area contributed by atoms with Gasteiger partial charge in [-0.2, -0.15) is 10.4 Å². The van der Waals surface area contributed by atoms with Crippen molar-refractivity contribution in [1.29, 1.82) is 5.26 Å². The number of rotatable bonds is 12. The van der Waals surface area contributed by atoms with E-state index < -0.39 is 31.3 Å². The Balaban J connectivity index is 1.42. The first-order valence-corrected chi connectivity index (χ1v) is 14.7. The number of fused-ring (bicyclic) bond motifs is 1. The van der Waals surface area contributed by atoms with Gasteiger partial charge in [-0.15, -0.1) is 0 Å². The minimum atomic E-state index is -3.74. The number of carbonyl (C=O) groups excluding carboxylic acids is 3. The Kier molecular flexibility index (Phi) is 8.41. The van der Waals surface area contributed by atoms with Crippen molar-refractivity contribution in [2.24, 2.45) is 12.8 Å². The fourth-order valence-corrected chi connectivity index (χ4v) is 7.42. The first kappa shape index (κ1) is 30.0. The van der Waals surface area contributed by atoms with E-state index in [9.17, 15) is 22.8 Å². The van der Waals surface area contributed by atoms with Crippen LogP contribution in [-0.4, -0.2) is 83.4 Å². The number of aryl methyl sites for hydroxylation is 1. The summed E-state index contributed by atoms with van der Waals surface area (Å²) in [6.07, 6.45) is 0.274. The zero-order valence-electron chi connectivity index (χ0n) is 23.3. The third kappa shape index (κ3) is 6.06. The number of nitrogens with one attached hydrogen (secondary N) is 1. The number of ether oxygens (including phenoxy) is 2. The predicted octanol–water partition coefficient (Wildman–Crippen LogP) is 1.06. The number of hydrogen-bond acceptors (Lipinski definition) is 9. The van der Waals surface area contributed by atoms with Gasteiger partial charge in [-0.1, -0.05) is 12.1 Å².